The molecule has 0 aromatic rings. The van der Waals surface area contributed by atoms with Crippen LogP contribution < -0.4 is 0 Å². The number of hydrogen-bond acceptors (Lipinski definition) is 5. The molecule has 1 aliphatic heterocycles. The first-order chi connectivity index (χ1) is 7.45. The van der Waals surface area contributed by atoms with E-state index in [9.17, 15) is 22.8 Å². The summed E-state index contributed by atoms with van der Waals surface area (Å²) < 4.78 is 44.6. The van der Waals surface area contributed by atoms with Gasteiger partial charge >= 0.3 is 12.1 Å². The van der Waals surface area contributed by atoms with Crippen molar-refractivity contribution in [3.05, 3.63) is 0 Å². The van der Waals surface area contributed by atoms with Crippen molar-refractivity contribution < 1.29 is 32.2 Å². The predicted octanol–water partition coefficient (Wildman–Crippen LogP) is -0.0509. The minimum atomic E-state index is -5.09. The minimum Gasteiger partial charge on any atom is -0.432 e. The lowest BCUT2D eigenvalue weighted by atomic mass is 10.4. The van der Waals surface area contributed by atoms with E-state index in [1.54, 1.807) is 0 Å². The number of alkyl halides is 3. The number of nitrogens with zero attached hydrogens (tertiary/aromatic N) is 1. The Morgan fingerprint density at radius 3 is 2.38 bits per heavy atom. The molecule has 1 atom stereocenters. The molecule has 1 fully saturated rings. The molecule has 0 aromatic carbocycles. The van der Waals surface area contributed by atoms with Gasteiger partial charge in [-0.15, -0.1) is 0 Å². The molecular formula is C8H10F3NO4. The van der Waals surface area contributed by atoms with Crippen LogP contribution in [-0.4, -0.2) is 55.9 Å². The van der Waals surface area contributed by atoms with E-state index >= 15 is 0 Å². The first kappa shape index (κ1) is 12.9. The van der Waals surface area contributed by atoms with Crippen LogP contribution in [0.3, 0.4) is 0 Å². The van der Waals surface area contributed by atoms with E-state index in [4.69, 9.17) is 4.74 Å². The van der Waals surface area contributed by atoms with E-state index in [0.29, 0.717) is 0 Å². The number of carbonyl (C=O) groups excluding carboxylic acids is 2. The highest BCUT2D eigenvalue weighted by Gasteiger charge is 2.43. The van der Waals surface area contributed by atoms with Gasteiger partial charge in [-0.05, 0) is 0 Å². The third-order valence-corrected chi connectivity index (χ3v) is 1.98. The molecule has 1 aliphatic rings. The maximum atomic E-state index is 11.9. The average molecular weight is 241 g/mol. The van der Waals surface area contributed by atoms with Gasteiger partial charge in [0.1, 0.15) is 0 Å². The predicted molar refractivity (Wildman–Crippen MR) is 44.4 cm³/mol. The molecule has 1 rings (SSSR count). The second-order valence-electron chi connectivity index (χ2n) is 3.08. The molecule has 92 valence electrons. The van der Waals surface area contributed by atoms with Gasteiger partial charge in [0.25, 0.3) is 0 Å². The molecule has 0 N–H and O–H groups in total. The highest BCUT2D eigenvalue weighted by Crippen LogP contribution is 2.18. The van der Waals surface area contributed by atoms with E-state index < -0.39 is 18.4 Å². The Bertz CT molecular complexity index is 262. The quantitative estimate of drug-likeness (QED) is 0.512. The van der Waals surface area contributed by atoms with Crippen molar-refractivity contribution in [2.24, 2.45) is 0 Å². The fourth-order valence-electron chi connectivity index (χ4n) is 1.20. The van der Waals surface area contributed by atoms with Gasteiger partial charge in [-0.2, -0.15) is 13.2 Å². The summed E-state index contributed by atoms with van der Waals surface area (Å²) in [6, 6.07) is 0. The molecule has 0 radical (unpaired) electrons. The Balaban J connectivity index is 2.54. The lowest BCUT2D eigenvalue weighted by Crippen LogP contribution is -2.47. The van der Waals surface area contributed by atoms with Crippen LogP contribution in [0.15, 0.2) is 0 Å². The number of aldehydes is 1. The van der Waals surface area contributed by atoms with Crippen molar-refractivity contribution in [3.63, 3.8) is 0 Å². The second-order valence-corrected chi connectivity index (χ2v) is 3.08. The number of esters is 1. The summed E-state index contributed by atoms with van der Waals surface area (Å²) in [6.07, 6.45) is -6.43. The lowest BCUT2D eigenvalue weighted by Gasteiger charge is -2.30. The fraction of sp³-hybridized carbons (Fsp3) is 0.750. The summed E-state index contributed by atoms with van der Waals surface area (Å²) in [7, 11) is 0. The maximum Gasteiger partial charge on any atom is 0.490 e. The molecular weight excluding hydrogens is 231 g/mol. The number of carbonyl (C=O) groups is 2. The van der Waals surface area contributed by atoms with Gasteiger partial charge in [-0.3, -0.25) is 9.69 Å². The van der Waals surface area contributed by atoms with Crippen LogP contribution in [0.5, 0.6) is 0 Å². The van der Waals surface area contributed by atoms with Gasteiger partial charge in [-0.1, -0.05) is 0 Å². The molecule has 0 bridgehead atoms. The maximum absolute atomic E-state index is 11.9. The highest BCUT2D eigenvalue weighted by molar-refractivity contribution is 5.77. The van der Waals surface area contributed by atoms with Gasteiger partial charge in [0.2, 0.25) is 6.23 Å². The molecule has 1 saturated heterocycles. The van der Waals surface area contributed by atoms with Crippen molar-refractivity contribution >= 4 is 12.3 Å². The molecule has 1 heterocycles. The van der Waals surface area contributed by atoms with Crippen LogP contribution in [0, 0.1) is 0 Å². The first-order valence-corrected chi connectivity index (χ1v) is 4.50. The topological polar surface area (TPSA) is 55.8 Å². The standard InChI is InChI=1S/C8H10F3NO4/c9-8(10,11)7(14)16-6(5-13)12-1-3-15-4-2-12/h5-6H,1-4H2. The number of hydrogen-bond donors (Lipinski definition) is 0. The van der Waals surface area contributed by atoms with Crippen molar-refractivity contribution in [1.29, 1.82) is 0 Å². The molecule has 0 aliphatic carbocycles. The van der Waals surface area contributed by atoms with Gasteiger partial charge in [0, 0.05) is 13.1 Å². The number of halogens is 3. The first-order valence-electron chi connectivity index (χ1n) is 4.50. The van der Waals surface area contributed by atoms with Crippen molar-refractivity contribution in [1.82, 2.24) is 4.90 Å². The van der Waals surface area contributed by atoms with Gasteiger partial charge < -0.3 is 9.47 Å². The highest BCUT2D eigenvalue weighted by atomic mass is 19.4. The number of rotatable bonds is 3. The molecule has 0 aromatic heterocycles. The van der Waals surface area contributed by atoms with E-state index in [-0.39, 0.29) is 32.6 Å². The number of morpholine rings is 1. The summed E-state index contributed by atoms with van der Waals surface area (Å²) in [5.41, 5.74) is 0. The Morgan fingerprint density at radius 2 is 1.94 bits per heavy atom. The molecule has 1 unspecified atom stereocenters. The normalized spacial score (nSPS) is 20.2. The molecule has 8 heteroatoms. The van der Waals surface area contributed by atoms with E-state index in [1.165, 1.54) is 4.90 Å². The summed E-state index contributed by atoms with van der Waals surface area (Å²) in [5, 5.41) is 0. The van der Waals surface area contributed by atoms with Gasteiger partial charge in [0.15, 0.2) is 6.29 Å². The Kier molecular flexibility index (Phi) is 4.25. The third kappa shape index (κ3) is 3.46. The summed E-state index contributed by atoms with van der Waals surface area (Å²) >= 11 is 0. The van der Waals surface area contributed by atoms with E-state index in [1.807, 2.05) is 0 Å². The lowest BCUT2D eigenvalue weighted by molar-refractivity contribution is -0.213. The van der Waals surface area contributed by atoms with Gasteiger partial charge in [0.05, 0.1) is 13.2 Å². The van der Waals surface area contributed by atoms with Crippen LogP contribution in [0.1, 0.15) is 0 Å². The Hall–Kier alpha value is -1.15. The van der Waals surface area contributed by atoms with Gasteiger partial charge in [-0.25, -0.2) is 4.79 Å². The molecule has 0 saturated carbocycles. The van der Waals surface area contributed by atoms with E-state index in [2.05, 4.69) is 4.74 Å². The second kappa shape index (κ2) is 5.26. The van der Waals surface area contributed by atoms with Crippen molar-refractivity contribution in [3.8, 4) is 0 Å². The zero-order valence-corrected chi connectivity index (χ0v) is 8.20. The zero-order valence-electron chi connectivity index (χ0n) is 8.20. The molecule has 0 amide bonds. The molecule has 0 spiro atoms. The molecule has 16 heavy (non-hydrogen) atoms. The van der Waals surface area contributed by atoms with Crippen LogP contribution in [0.4, 0.5) is 13.2 Å². The van der Waals surface area contributed by atoms with Crippen LogP contribution >= 0.6 is 0 Å². The Labute approximate surface area is 89.1 Å². The summed E-state index contributed by atoms with van der Waals surface area (Å²) in [5.74, 6) is -2.36. The SMILES string of the molecule is O=CC(OC(=O)C(F)(F)F)N1CCOCC1. The monoisotopic (exact) mass is 241 g/mol. The smallest absolute Gasteiger partial charge is 0.432 e. The molecule has 5 nitrogen and oxygen atoms in total. The number of ether oxygens (including phenoxy) is 2. The summed E-state index contributed by atoms with van der Waals surface area (Å²) in [6.45, 7) is 1.06. The minimum absolute atomic E-state index is 0.162. The Morgan fingerprint density at radius 1 is 1.38 bits per heavy atom. The van der Waals surface area contributed by atoms with Crippen LogP contribution in [0.2, 0.25) is 0 Å². The third-order valence-electron chi connectivity index (χ3n) is 1.98. The van der Waals surface area contributed by atoms with Crippen LogP contribution in [-0.2, 0) is 19.1 Å². The zero-order chi connectivity index (χ0) is 12.2. The summed E-state index contributed by atoms with van der Waals surface area (Å²) in [4.78, 5) is 22.4. The largest absolute Gasteiger partial charge is 0.490 e. The van der Waals surface area contributed by atoms with Crippen LogP contribution in [0.25, 0.3) is 0 Å². The van der Waals surface area contributed by atoms with E-state index in [0.717, 1.165) is 0 Å². The van der Waals surface area contributed by atoms with Crippen molar-refractivity contribution in [2.75, 3.05) is 26.3 Å². The fourth-order valence-corrected chi connectivity index (χ4v) is 1.20. The average Bonchev–Trinajstić information content (AvgIpc) is 2.25. The van der Waals surface area contributed by atoms with Crippen molar-refractivity contribution in [2.45, 2.75) is 12.4 Å².